The fraction of sp³-hybridized carbons (Fsp3) is 1.00. The van der Waals surface area contributed by atoms with E-state index in [9.17, 15) is 0 Å². The minimum atomic E-state index is 0.633. The minimum Gasteiger partial charge on any atom is -0.295 e. The van der Waals surface area contributed by atoms with Gasteiger partial charge in [0.15, 0.2) is 0 Å². The molecular formula is C11H21N. The molecule has 2 fully saturated rings. The minimum absolute atomic E-state index is 0.633. The Balaban J connectivity index is 2.16. The largest absolute Gasteiger partial charge is 0.295 e. The van der Waals surface area contributed by atoms with E-state index in [0.29, 0.717) is 5.54 Å². The lowest BCUT2D eigenvalue weighted by atomic mass is 10.1. The fourth-order valence-corrected chi connectivity index (χ4v) is 3.44. The van der Waals surface area contributed by atoms with Gasteiger partial charge in [-0.3, -0.25) is 4.90 Å². The van der Waals surface area contributed by atoms with Crippen LogP contribution in [-0.2, 0) is 0 Å². The van der Waals surface area contributed by atoms with Crippen molar-refractivity contribution in [3.8, 4) is 0 Å². The summed E-state index contributed by atoms with van der Waals surface area (Å²) in [4.78, 5) is 2.74. The molecule has 0 aromatic heterocycles. The molecule has 1 saturated heterocycles. The summed E-state index contributed by atoms with van der Waals surface area (Å²) in [7, 11) is 0. The van der Waals surface area contributed by atoms with Crippen LogP contribution in [0.25, 0.3) is 0 Å². The predicted molar refractivity (Wildman–Crippen MR) is 52.1 cm³/mol. The van der Waals surface area contributed by atoms with Crippen molar-refractivity contribution < 1.29 is 0 Å². The van der Waals surface area contributed by atoms with E-state index in [-0.39, 0.29) is 0 Å². The molecule has 1 heteroatoms. The lowest BCUT2D eigenvalue weighted by molar-refractivity contribution is 0.166. The summed E-state index contributed by atoms with van der Waals surface area (Å²) in [5, 5.41) is 0. The molecular weight excluding hydrogens is 146 g/mol. The molecule has 2 aliphatic rings. The average Bonchev–Trinajstić information content (AvgIpc) is 2.53. The fourth-order valence-electron chi connectivity index (χ4n) is 3.44. The van der Waals surface area contributed by atoms with Crippen LogP contribution in [0.2, 0.25) is 0 Å². The van der Waals surface area contributed by atoms with Gasteiger partial charge >= 0.3 is 0 Å². The SMILES string of the molecule is CC(C)N1CCCC12C(C)[C@H]2C. The maximum absolute atomic E-state index is 2.74. The number of rotatable bonds is 1. The lowest BCUT2D eigenvalue weighted by Crippen LogP contribution is -2.39. The highest BCUT2D eigenvalue weighted by Gasteiger charge is 2.64. The Hall–Kier alpha value is -0.0400. The second-order valence-corrected chi connectivity index (χ2v) is 4.96. The van der Waals surface area contributed by atoms with Gasteiger partial charge < -0.3 is 0 Å². The lowest BCUT2D eigenvalue weighted by Gasteiger charge is -2.29. The third kappa shape index (κ3) is 0.834. The first-order valence-electron chi connectivity index (χ1n) is 5.37. The van der Waals surface area contributed by atoms with Crippen LogP contribution in [0.15, 0.2) is 0 Å². The molecule has 1 heterocycles. The van der Waals surface area contributed by atoms with Crippen LogP contribution in [0.1, 0.15) is 40.5 Å². The third-order valence-corrected chi connectivity index (χ3v) is 4.35. The van der Waals surface area contributed by atoms with Crippen LogP contribution in [0.5, 0.6) is 0 Å². The maximum atomic E-state index is 2.74. The van der Waals surface area contributed by atoms with Gasteiger partial charge in [0.05, 0.1) is 0 Å². The van der Waals surface area contributed by atoms with E-state index in [1.165, 1.54) is 19.4 Å². The second-order valence-electron chi connectivity index (χ2n) is 4.96. The first kappa shape index (κ1) is 8.55. The van der Waals surface area contributed by atoms with Gasteiger partial charge in [-0.2, -0.15) is 0 Å². The van der Waals surface area contributed by atoms with Crippen LogP contribution < -0.4 is 0 Å². The zero-order valence-corrected chi connectivity index (χ0v) is 8.80. The van der Waals surface area contributed by atoms with E-state index in [4.69, 9.17) is 0 Å². The van der Waals surface area contributed by atoms with Gasteiger partial charge in [0.25, 0.3) is 0 Å². The zero-order valence-electron chi connectivity index (χ0n) is 8.80. The molecule has 0 radical (unpaired) electrons. The quantitative estimate of drug-likeness (QED) is 0.580. The highest BCUT2D eigenvalue weighted by Crippen LogP contribution is 2.60. The summed E-state index contributed by atoms with van der Waals surface area (Å²) >= 11 is 0. The van der Waals surface area contributed by atoms with Gasteiger partial charge in [-0.25, -0.2) is 0 Å². The van der Waals surface area contributed by atoms with Crippen molar-refractivity contribution >= 4 is 0 Å². The van der Waals surface area contributed by atoms with E-state index in [1.807, 2.05) is 0 Å². The Kier molecular flexibility index (Phi) is 1.76. The molecule has 0 N–H and O–H groups in total. The monoisotopic (exact) mass is 167 g/mol. The van der Waals surface area contributed by atoms with Crippen molar-refractivity contribution in [2.75, 3.05) is 6.54 Å². The average molecular weight is 167 g/mol. The van der Waals surface area contributed by atoms with Crippen molar-refractivity contribution in [3.05, 3.63) is 0 Å². The Labute approximate surface area is 76.1 Å². The molecule has 1 spiro atoms. The topological polar surface area (TPSA) is 3.24 Å². The highest BCUT2D eigenvalue weighted by atomic mass is 15.3. The molecule has 0 aromatic carbocycles. The molecule has 0 amide bonds. The summed E-state index contributed by atoms with van der Waals surface area (Å²) < 4.78 is 0. The van der Waals surface area contributed by atoms with Crippen molar-refractivity contribution in [3.63, 3.8) is 0 Å². The van der Waals surface area contributed by atoms with Crippen LogP contribution in [-0.4, -0.2) is 23.0 Å². The van der Waals surface area contributed by atoms with E-state index < -0.39 is 0 Å². The molecule has 3 atom stereocenters. The van der Waals surface area contributed by atoms with E-state index in [1.54, 1.807) is 0 Å². The summed E-state index contributed by atoms with van der Waals surface area (Å²) in [6, 6.07) is 0.750. The van der Waals surface area contributed by atoms with Crippen LogP contribution >= 0.6 is 0 Å². The van der Waals surface area contributed by atoms with Crippen molar-refractivity contribution in [2.24, 2.45) is 11.8 Å². The van der Waals surface area contributed by atoms with E-state index >= 15 is 0 Å². The molecule has 2 unspecified atom stereocenters. The van der Waals surface area contributed by atoms with Crippen LogP contribution in [0.4, 0.5) is 0 Å². The molecule has 70 valence electrons. The molecule has 0 aromatic rings. The van der Waals surface area contributed by atoms with Gasteiger partial charge in [-0.05, 0) is 45.1 Å². The van der Waals surface area contributed by atoms with E-state index in [0.717, 1.165) is 17.9 Å². The molecule has 12 heavy (non-hydrogen) atoms. The smallest absolute Gasteiger partial charge is 0.0270 e. The van der Waals surface area contributed by atoms with Crippen molar-refractivity contribution in [1.29, 1.82) is 0 Å². The molecule has 1 aliphatic heterocycles. The number of hydrogen-bond donors (Lipinski definition) is 0. The van der Waals surface area contributed by atoms with Crippen LogP contribution in [0, 0.1) is 11.8 Å². The van der Waals surface area contributed by atoms with Crippen LogP contribution in [0.3, 0.4) is 0 Å². The summed E-state index contributed by atoms with van der Waals surface area (Å²) in [5.41, 5.74) is 0.633. The molecule has 1 saturated carbocycles. The van der Waals surface area contributed by atoms with E-state index in [2.05, 4.69) is 32.6 Å². The molecule has 0 bridgehead atoms. The third-order valence-electron chi connectivity index (χ3n) is 4.35. The molecule has 2 rings (SSSR count). The van der Waals surface area contributed by atoms with Gasteiger partial charge in [-0.15, -0.1) is 0 Å². The Morgan fingerprint density at radius 3 is 2.17 bits per heavy atom. The number of hydrogen-bond acceptors (Lipinski definition) is 1. The van der Waals surface area contributed by atoms with Crippen molar-refractivity contribution in [1.82, 2.24) is 4.90 Å². The number of nitrogens with zero attached hydrogens (tertiary/aromatic N) is 1. The maximum Gasteiger partial charge on any atom is 0.0270 e. The zero-order chi connectivity index (χ0) is 8.93. The Morgan fingerprint density at radius 1 is 1.25 bits per heavy atom. The Bertz CT molecular complexity index is 177. The highest BCUT2D eigenvalue weighted by molar-refractivity contribution is 5.18. The Morgan fingerprint density at radius 2 is 1.83 bits per heavy atom. The van der Waals surface area contributed by atoms with Gasteiger partial charge in [-0.1, -0.05) is 13.8 Å². The molecule has 1 nitrogen and oxygen atoms in total. The second kappa shape index (κ2) is 2.47. The first-order valence-corrected chi connectivity index (χ1v) is 5.37. The van der Waals surface area contributed by atoms with Gasteiger partial charge in [0, 0.05) is 11.6 Å². The standard InChI is InChI=1S/C11H21N/c1-8(2)12-7-5-6-11(12)9(3)10(11)4/h8-10H,5-7H2,1-4H3/t9-,10?,11?/m1/s1. The van der Waals surface area contributed by atoms with Gasteiger partial charge in [0.2, 0.25) is 0 Å². The molecule has 1 aliphatic carbocycles. The van der Waals surface area contributed by atoms with Crippen molar-refractivity contribution in [2.45, 2.75) is 52.1 Å². The summed E-state index contributed by atoms with van der Waals surface area (Å²) in [6.07, 6.45) is 2.88. The summed E-state index contributed by atoms with van der Waals surface area (Å²) in [5.74, 6) is 1.89. The number of likely N-dealkylation sites (tertiary alicyclic amines) is 1. The summed E-state index contributed by atoms with van der Waals surface area (Å²) in [6.45, 7) is 10.9. The normalized spacial score (nSPS) is 47.8. The van der Waals surface area contributed by atoms with Gasteiger partial charge in [0.1, 0.15) is 0 Å². The first-order chi connectivity index (χ1) is 5.60. The predicted octanol–water partition coefficient (Wildman–Crippen LogP) is 2.52.